The lowest BCUT2D eigenvalue weighted by Gasteiger charge is -2.21. The van der Waals surface area contributed by atoms with E-state index in [1.165, 1.54) is 0 Å². The van der Waals surface area contributed by atoms with Crippen LogP contribution in [-0.2, 0) is 14.3 Å². The van der Waals surface area contributed by atoms with Gasteiger partial charge >= 0.3 is 5.97 Å². The number of amides is 2. The van der Waals surface area contributed by atoms with Gasteiger partial charge in [0.1, 0.15) is 6.04 Å². The van der Waals surface area contributed by atoms with Crippen molar-refractivity contribution in [3.63, 3.8) is 0 Å². The zero-order valence-electron chi connectivity index (χ0n) is 16.9. The standard InChI is InChI=1S/C22H25ClN2O4/c1-13(2)20(25-21(27)17-8-6-5-7-14(17)3)22(28)29-12-19(26)24-18-11-16(23)10-9-15(18)4/h5-11,13,20H,12H2,1-4H3,(H,24,26)(H,25,27)/t20-/m0/s1. The number of hydrogen-bond donors (Lipinski definition) is 2. The number of aryl methyl sites for hydroxylation is 2. The molecule has 0 fully saturated rings. The maximum Gasteiger partial charge on any atom is 0.329 e. The second-order valence-corrected chi connectivity index (χ2v) is 7.56. The summed E-state index contributed by atoms with van der Waals surface area (Å²) in [7, 11) is 0. The minimum atomic E-state index is -0.872. The Morgan fingerprint density at radius 2 is 1.72 bits per heavy atom. The van der Waals surface area contributed by atoms with E-state index in [4.69, 9.17) is 16.3 Å². The highest BCUT2D eigenvalue weighted by Crippen LogP contribution is 2.20. The summed E-state index contributed by atoms with van der Waals surface area (Å²) >= 11 is 5.94. The fourth-order valence-electron chi connectivity index (χ4n) is 2.69. The Morgan fingerprint density at radius 3 is 2.38 bits per heavy atom. The highest BCUT2D eigenvalue weighted by Gasteiger charge is 2.27. The molecule has 2 rings (SSSR count). The molecule has 0 aliphatic rings. The van der Waals surface area contributed by atoms with E-state index >= 15 is 0 Å². The van der Waals surface area contributed by atoms with E-state index in [1.807, 2.05) is 26.0 Å². The van der Waals surface area contributed by atoms with Gasteiger partial charge in [0, 0.05) is 16.3 Å². The monoisotopic (exact) mass is 416 g/mol. The van der Waals surface area contributed by atoms with Crippen LogP contribution in [0.1, 0.15) is 35.3 Å². The third-order valence-electron chi connectivity index (χ3n) is 4.42. The first kappa shape index (κ1) is 22.4. The molecule has 154 valence electrons. The Kier molecular flexibility index (Phi) is 7.79. The molecule has 0 saturated heterocycles. The van der Waals surface area contributed by atoms with Crippen LogP contribution in [0.4, 0.5) is 5.69 Å². The summed E-state index contributed by atoms with van der Waals surface area (Å²) in [5.74, 6) is -1.73. The second kappa shape index (κ2) is 10.1. The van der Waals surface area contributed by atoms with Crippen molar-refractivity contribution in [1.29, 1.82) is 0 Å². The fourth-order valence-corrected chi connectivity index (χ4v) is 2.86. The third-order valence-corrected chi connectivity index (χ3v) is 4.65. The number of nitrogens with one attached hydrogen (secondary N) is 2. The van der Waals surface area contributed by atoms with Gasteiger partial charge < -0.3 is 15.4 Å². The van der Waals surface area contributed by atoms with Crippen molar-refractivity contribution in [2.45, 2.75) is 33.7 Å². The van der Waals surface area contributed by atoms with Crippen molar-refractivity contribution in [2.75, 3.05) is 11.9 Å². The van der Waals surface area contributed by atoms with Crippen molar-refractivity contribution in [3.05, 3.63) is 64.2 Å². The number of carbonyl (C=O) groups is 3. The minimum Gasteiger partial charge on any atom is -0.454 e. The van der Waals surface area contributed by atoms with Crippen LogP contribution < -0.4 is 10.6 Å². The summed E-state index contributed by atoms with van der Waals surface area (Å²) in [6.45, 7) is 6.76. The predicted octanol–water partition coefficient (Wildman–Crippen LogP) is 3.89. The molecule has 2 N–H and O–H groups in total. The van der Waals surface area contributed by atoms with Gasteiger partial charge in [-0.2, -0.15) is 0 Å². The quantitative estimate of drug-likeness (QED) is 0.670. The summed E-state index contributed by atoms with van der Waals surface area (Å²) in [4.78, 5) is 37.1. The van der Waals surface area contributed by atoms with E-state index < -0.39 is 24.5 Å². The largest absolute Gasteiger partial charge is 0.454 e. The number of rotatable bonds is 7. The molecule has 7 heteroatoms. The molecule has 0 spiro atoms. The minimum absolute atomic E-state index is 0.214. The maximum atomic E-state index is 12.5. The smallest absolute Gasteiger partial charge is 0.329 e. The first-order valence-electron chi connectivity index (χ1n) is 9.28. The highest BCUT2D eigenvalue weighted by molar-refractivity contribution is 6.31. The lowest BCUT2D eigenvalue weighted by molar-refractivity contribution is -0.150. The molecule has 0 saturated carbocycles. The molecule has 0 aliphatic heterocycles. The molecule has 0 radical (unpaired) electrons. The van der Waals surface area contributed by atoms with Gasteiger partial charge in [-0.1, -0.05) is 49.7 Å². The lowest BCUT2D eigenvalue weighted by Crippen LogP contribution is -2.46. The number of carbonyl (C=O) groups excluding carboxylic acids is 3. The van der Waals surface area contributed by atoms with Crippen LogP contribution in [0, 0.1) is 19.8 Å². The van der Waals surface area contributed by atoms with Gasteiger partial charge in [0.2, 0.25) is 0 Å². The number of hydrogen-bond acceptors (Lipinski definition) is 4. The van der Waals surface area contributed by atoms with Crippen LogP contribution >= 0.6 is 11.6 Å². The molecule has 0 unspecified atom stereocenters. The molecular weight excluding hydrogens is 392 g/mol. The van der Waals surface area contributed by atoms with E-state index in [-0.39, 0.29) is 11.8 Å². The first-order chi connectivity index (χ1) is 13.7. The zero-order valence-corrected chi connectivity index (χ0v) is 17.7. The average molecular weight is 417 g/mol. The Morgan fingerprint density at radius 1 is 1.03 bits per heavy atom. The molecule has 0 heterocycles. The molecule has 0 bridgehead atoms. The van der Waals surface area contributed by atoms with Crippen LogP contribution in [0.25, 0.3) is 0 Å². The summed E-state index contributed by atoms with van der Waals surface area (Å²) in [6, 6.07) is 11.3. The number of halogens is 1. The number of esters is 1. The molecule has 2 amide bonds. The van der Waals surface area contributed by atoms with E-state index in [0.29, 0.717) is 16.3 Å². The summed E-state index contributed by atoms with van der Waals surface area (Å²) < 4.78 is 5.14. The first-order valence-corrected chi connectivity index (χ1v) is 9.66. The molecule has 1 atom stereocenters. The SMILES string of the molecule is Cc1ccc(Cl)cc1NC(=O)COC(=O)[C@@H](NC(=O)c1ccccc1C)C(C)C. The van der Waals surface area contributed by atoms with E-state index in [9.17, 15) is 14.4 Å². The molecule has 29 heavy (non-hydrogen) atoms. The summed E-state index contributed by atoms with van der Waals surface area (Å²) in [5.41, 5.74) is 2.67. The van der Waals surface area contributed by atoms with Crippen LogP contribution in [-0.4, -0.2) is 30.4 Å². The molecule has 0 aromatic heterocycles. The lowest BCUT2D eigenvalue weighted by atomic mass is 10.0. The average Bonchev–Trinajstić information content (AvgIpc) is 2.67. The Balaban J connectivity index is 1.97. The molecule has 0 aliphatic carbocycles. The maximum absolute atomic E-state index is 12.5. The van der Waals surface area contributed by atoms with Gasteiger partial charge in [0.25, 0.3) is 11.8 Å². The topological polar surface area (TPSA) is 84.5 Å². The van der Waals surface area contributed by atoms with E-state index in [2.05, 4.69) is 10.6 Å². The fraction of sp³-hybridized carbons (Fsp3) is 0.318. The number of ether oxygens (including phenoxy) is 1. The second-order valence-electron chi connectivity index (χ2n) is 7.13. The third kappa shape index (κ3) is 6.32. The normalized spacial score (nSPS) is 11.7. The zero-order chi connectivity index (χ0) is 21.6. The van der Waals surface area contributed by atoms with Crippen LogP contribution in [0.2, 0.25) is 5.02 Å². The van der Waals surface area contributed by atoms with Gasteiger partial charge in [-0.15, -0.1) is 0 Å². The predicted molar refractivity (Wildman–Crippen MR) is 113 cm³/mol. The summed E-state index contributed by atoms with van der Waals surface area (Å²) in [5, 5.41) is 5.85. The Labute approximate surface area is 175 Å². The van der Waals surface area contributed by atoms with E-state index in [1.54, 1.807) is 44.2 Å². The molecule has 2 aromatic carbocycles. The van der Waals surface area contributed by atoms with Crippen molar-refractivity contribution in [2.24, 2.45) is 5.92 Å². The highest BCUT2D eigenvalue weighted by atomic mass is 35.5. The van der Waals surface area contributed by atoms with Gasteiger partial charge in [-0.3, -0.25) is 9.59 Å². The van der Waals surface area contributed by atoms with Gasteiger partial charge in [-0.05, 0) is 49.1 Å². The molecule has 6 nitrogen and oxygen atoms in total. The Hall–Kier alpha value is -2.86. The van der Waals surface area contributed by atoms with Gasteiger partial charge in [0.15, 0.2) is 6.61 Å². The Bertz CT molecular complexity index is 911. The number of benzene rings is 2. The van der Waals surface area contributed by atoms with Crippen molar-refractivity contribution in [3.8, 4) is 0 Å². The summed E-state index contributed by atoms with van der Waals surface area (Å²) in [6.07, 6.45) is 0. The number of anilines is 1. The van der Waals surface area contributed by atoms with Crippen molar-refractivity contribution < 1.29 is 19.1 Å². The van der Waals surface area contributed by atoms with Crippen LogP contribution in [0.15, 0.2) is 42.5 Å². The van der Waals surface area contributed by atoms with E-state index in [0.717, 1.165) is 11.1 Å². The van der Waals surface area contributed by atoms with Crippen LogP contribution in [0.5, 0.6) is 0 Å². The van der Waals surface area contributed by atoms with Gasteiger partial charge in [0.05, 0.1) is 0 Å². The molecule has 2 aromatic rings. The van der Waals surface area contributed by atoms with Crippen molar-refractivity contribution in [1.82, 2.24) is 5.32 Å². The molecular formula is C22H25ClN2O4. The van der Waals surface area contributed by atoms with Gasteiger partial charge in [-0.25, -0.2) is 4.79 Å². The van der Waals surface area contributed by atoms with Crippen molar-refractivity contribution >= 4 is 35.1 Å². The van der Waals surface area contributed by atoms with Crippen LogP contribution in [0.3, 0.4) is 0 Å².